The van der Waals surface area contributed by atoms with E-state index in [0.717, 1.165) is 19.5 Å². The van der Waals surface area contributed by atoms with Crippen LogP contribution in [0.3, 0.4) is 0 Å². The second-order valence-corrected chi connectivity index (χ2v) is 5.79. The van der Waals surface area contributed by atoms with Crippen LogP contribution in [0.2, 0.25) is 0 Å². The van der Waals surface area contributed by atoms with Gasteiger partial charge in [-0.25, -0.2) is 0 Å². The number of carbonyl (C=O) groups excluding carboxylic acids is 1. The fourth-order valence-electron chi connectivity index (χ4n) is 2.75. The van der Waals surface area contributed by atoms with Gasteiger partial charge in [-0.2, -0.15) is 0 Å². The van der Waals surface area contributed by atoms with Crippen molar-refractivity contribution in [3.8, 4) is 0 Å². The van der Waals surface area contributed by atoms with E-state index < -0.39 is 0 Å². The molecule has 6 heteroatoms. The van der Waals surface area contributed by atoms with Crippen LogP contribution in [-0.4, -0.2) is 37.5 Å². The maximum atomic E-state index is 11.7. The van der Waals surface area contributed by atoms with Crippen molar-refractivity contribution in [3.63, 3.8) is 0 Å². The molecule has 23 heavy (non-hydrogen) atoms. The smallest absolute Gasteiger partial charge is 0.220 e. The Morgan fingerprint density at radius 3 is 2.57 bits per heavy atom. The van der Waals surface area contributed by atoms with Crippen molar-refractivity contribution in [1.29, 1.82) is 0 Å². The van der Waals surface area contributed by atoms with Gasteiger partial charge in [0.1, 0.15) is 0 Å². The standard InChI is InChI=1S/C17H27N3O.2ClH/c1-18-9-5-8-17(21)19-13-15-6-4-7-16(12-15)14-20-10-2-3-11-20;;/h4,6-7,12,18H,2-3,5,8-11,13-14H2,1H3,(H,19,21);2*1H. The normalized spacial score (nSPS) is 14.0. The number of nitrogens with zero attached hydrogens (tertiary/aromatic N) is 1. The van der Waals surface area contributed by atoms with Crippen LogP contribution in [0.25, 0.3) is 0 Å². The first-order valence-electron chi connectivity index (χ1n) is 7.99. The van der Waals surface area contributed by atoms with Crippen molar-refractivity contribution in [1.82, 2.24) is 15.5 Å². The third-order valence-corrected chi connectivity index (χ3v) is 3.92. The minimum Gasteiger partial charge on any atom is -0.352 e. The van der Waals surface area contributed by atoms with Crippen LogP contribution >= 0.6 is 24.8 Å². The largest absolute Gasteiger partial charge is 0.352 e. The van der Waals surface area contributed by atoms with Crippen LogP contribution < -0.4 is 10.6 Å². The van der Waals surface area contributed by atoms with Crippen molar-refractivity contribution in [2.75, 3.05) is 26.7 Å². The minimum atomic E-state index is 0. The van der Waals surface area contributed by atoms with Gasteiger partial charge in [-0.3, -0.25) is 9.69 Å². The van der Waals surface area contributed by atoms with Crippen LogP contribution in [0.15, 0.2) is 24.3 Å². The van der Waals surface area contributed by atoms with Crippen molar-refractivity contribution in [3.05, 3.63) is 35.4 Å². The molecule has 0 radical (unpaired) electrons. The molecular formula is C17H29Cl2N3O. The van der Waals surface area contributed by atoms with E-state index in [1.165, 1.54) is 37.1 Å². The predicted molar refractivity (Wildman–Crippen MR) is 100 cm³/mol. The number of nitrogens with one attached hydrogen (secondary N) is 2. The van der Waals surface area contributed by atoms with Crippen LogP contribution in [0.4, 0.5) is 0 Å². The van der Waals surface area contributed by atoms with Gasteiger partial charge in [0.05, 0.1) is 0 Å². The highest BCUT2D eigenvalue weighted by atomic mass is 35.5. The maximum Gasteiger partial charge on any atom is 0.220 e. The Hall–Kier alpha value is -0.810. The van der Waals surface area contributed by atoms with Gasteiger partial charge >= 0.3 is 0 Å². The number of hydrogen-bond acceptors (Lipinski definition) is 3. The van der Waals surface area contributed by atoms with Gasteiger partial charge in [0, 0.05) is 19.5 Å². The number of hydrogen-bond donors (Lipinski definition) is 2. The summed E-state index contributed by atoms with van der Waals surface area (Å²) in [5.41, 5.74) is 2.53. The summed E-state index contributed by atoms with van der Waals surface area (Å²) in [4.78, 5) is 14.2. The Morgan fingerprint density at radius 2 is 1.87 bits per heavy atom. The average Bonchev–Trinajstić information content (AvgIpc) is 2.99. The molecule has 1 aromatic rings. The van der Waals surface area contributed by atoms with E-state index in [2.05, 4.69) is 39.8 Å². The van der Waals surface area contributed by atoms with Gasteiger partial charge in [0.2, 0.25) is 5.91 Å². The number of halogens is 2. The molecular weight excluding hydrogens is 333 g/mol. The van der Waals surface area contributed by atoms with Gasteiger partial charge in [-0.05, 0) is 57.1 Å². The monoisotopic (exact) mass is 361 g/mol. The highest BCUT2D eigenvalue weighted by Gasteiger charge is 2.11. The van der Waals surface area contributed by atoms with Crippen molar-refractivity contribution in [2.45, 2.75) is 38.8 Å². The number of benzene rings is 1. The topological polar surface area (TPSA) is 44.4 Å². The molecule has 0 atom stereocenters. The molecule has 0 unspecified atom stereocenters. The van der Waals surface area contributed by atoms with Crippen molar-refractivity contribution in [2.24, 2.45) is 0 Å². The van der Waals surface area contributed by atoms with E-state index >= 15 is 0 Å². The summed E-state index contributed by atoms with van der Waals surface area (Å²) in [5, 5.41) is 6.05. The lowest BCUT2D eigenvalue weighted by atomic mass is 10.1. The van der Waals surface area contributed by atoms with Crippen LogP contribution in [0.1, 0.15) is 36.8 Å². The van der Waals surface area contributed by atoms with E-state index in [1.54, 1.807) is 0 Å². The van der Waals surface area contributed by atoms with Gasteiger partial charge in [0.15, 0.2) is 0 Å². The molecule has 2 rings (SSSR count). The lowest BCUT2D eigenvalue weighted by molar-refractivity contribution is -0.121. The second-order valence-electron chi connectivity index (χ2n) is 5.79. The first-order chi connectivity index (χ1) is 10.3. The SMILES string of the molecule is CNCCCC(=O)NCc1cccc(CN2CCCC2)c1.Cl.Cl. The molecule has 1 aromatic carbocycles. The van der Waals surface area contributed by atoms with E-state index in [0.29, 0.717) is 13.0 Å². The number of amides is 1. The summed E-state index contributed by atoms with van der Waals surface area (Å²) in [5.74, 6) is 0.134. The molecule has 1 saturated heterocycles. The molecule has 0 saturated carbocycles. The zero-order valence-electron chi connectivity index (χ0n) is 13.8. The Bertz CT molecular complexity index is 451. The second kappa shape index (κ2) is 12.6. The predicted octanol–water partition coefficient (Wildman–Crippen LogP) is 2.74. The van der Waals surface area contributed by atoms with E-state index in [1.807, 2.05) is 7.05 Å². The molecule has 0 aromatic heterocycles. The summed E-state index contributed by atoms with van der Waals surface area (Å²) in [6.45, 7) is 4.98. The summed E-state index contributed by atoms with van der Waals surface area (Å²) >= 11 is 0. The minimum absolute atomic E-state index is 0. The van der Waals surface area contributed by atoms with E-state index in [9.17, 15) is 4.79 Å². The number of carbonyl (C=O) groups is 1. The highest BCUT2D eigenvalue weighted by Crippen LogP contribution is 2.13. The Kier molecular flexibility index (Phi) is 12.1. The summed E-state index contributed by atoms with van der Waals surface area (Å²) < 4.78 is 0. The highest BCUT2D eigenvalue weighted by molar-refractivity contribution is 5.85. The quantitative estimate of drug-likeness (QED) is 0.699. The van der Waals surface area contributed by atoms with Crippen LogP contribution in [-0.2, 0) is 17.9 Å². The van der Waals surface area contributed by atoms with E-state index in [4.69, 9.17) is 0 Å². The zero-order valence-corrected chi connectivity index (χ0v) is 15.5. The third kappa shape index (κ3) is 8.56. The molecule has 4 nitrogen and oxygen atoms in total. The molecule has 0 bridgehead atoms. The van der Waals surface area contributed by atoms with Crippen LogP contribution in [0.5, 0.6) is 0 Å². The lowest BCUT2D eigenvalue weighted by Crippen LogP contribution is -2.24. The Balaban J connectivity index is 0.00000242. The van der Waals surface area contributed by atoms with Gasteiger partial charge in [-0.1, -0.05) is 24.3 Å². The van der Waals surface area contributed by atoms with E-state index in [-0.39, 0.29) is 30.7 Å². The first kappa shape index (κ1) is 22.2. The van der Waals surface area contributed by atoms with Gasteiger partial charge < -0.3 is 10.6 Å². The summed E-state index contributed by atoms with van der Waals surface area (Å²) in [6.07, 6.45) is 4.12. The van der Waals surface area contributed by atoms with Crippen LogP contribution in [0, 0.1) is 0 Å². The number of likely N-dealkylation sites (tertiary alicyclic amines) is 1. The fraction of sp³-hybridized carbons (Fsp3) is 0.588. The molecule has 1 aliphatic heterocycles. The van der Waals surface area contributed by atoms with Gasteiger partial charge in [0.25, 0.3) is 0 Å². The van der Waals surface area contributed by atoms with Crippen molar-refractivity contribution < 1.29 is 4.79 Å². The fourth-order valence-corrected chi connectivity index (χ4v) is 2.75. The molecule has 1 fully saturated rings. The lowest BCUT2D eigenvalue weighted by Gasteiger charge is -2.15. The first-order valence-corrected chi connectivity index (χ1v) is 7.99. The third-order valence-electron chi connectivity index (χ3n) is 3.92. The Labute approximate surface area is 152 Å². The molecule has 1 aliphatic rings. The van der Waals surface area contributed by atoms with Gasteiger partial charge in [-0.15, -0.1) is 24.8 Å². The molecule has 0 aliphatic carbocycles. The molecule has 2 N–H and O–H groups in total. The molecule has 0 spiro atoms. The summed E-state index contributed by atoms with van der Waals surface area (Å²) in [6, 6.07) is 8.57. The molecule has 1 heterocycles. The summed E-state index contributed by atoms with van der Waals surface area (Å²) in [7, 11) is 1.91. The molecule has 1 amide bonds. The zero-order chi connectivity index (χ0) is 14.9. The maximum absolute atomic E-state index is 11.7. The Morgan fingerprint density at radius 1 is 1.17 bits per heavy atom. The number of rotatable bonds is 8. The van der Waals surface area contributed by atoms with Crippen molar-refractivity contribution >= 4 is 30.7 Å². The average molecular weight is 362 g/mol. The molecule has 132 valence electrons.